The largest absolute Gasteiger partial charge is 0.358 e. The highest BCUT2D eigenvalue weighted by atomic mass is 16.6. The number of nitro groups is 2. The van der Waals surface area contributed by atoms with Crippen LogP contribution in [-0.4, -0.2) is 15.8 Å². The Kier molecular flexibility index (Phi) is 4.42. The molecule has 8 nitrogen and oxygen atoms in total. The van der Waals surface area contributed by atoms with Crippen molar-refractivity contribution in [1.29, 1.82) is 0 Å². The first-order chi connectivity index (χ1) is 10.5. The molecule has 2 aromatic rings. The lowest BCUT2D eigenvalue weighted by Crippen LogP contribution is -2.24. The quantitative estimate of drug-likeness (QED) is 0.672. The van der Waals surface area contributed by atoms with Crippen LogP contribution in [0.3, 0.4) is 0 Å². The highest BCUT2D eigenvalue weighted by Crippen LogP contribution is 2.30. The van der Waals surface area contributed by atoms with E-state index < -0.39 is 27.1 Å². The van der Waals surface area contributed by atoms with Crippen molar-refractivity contribution in [2.45, 2.75) is 6.54 Å². The van der Waals surface area contributed by atoms with Crippen LogP contribution in [0.4, 0.5) is 11.4 Å². The average molecular weight is 301 g/mol. The predicted octanol–water partition coefficient (Wildman–Crippen LogP) is 2.43. The zero-order chi connectivity index (χ0) is 16.1. The number of nitrogens with zero attached hydrogens (tertiary/aromatic N) is 2. The van der Waals surface area contributed by atoms with Gasteiger partial charge in [0.2, 0.25) is 0 Å². The molecule has 0 bridgehead atoms. The molecule has 2 aromatic carbocycles. The first-order valence-corrected chi connectivity index (χ1v) is 6.24. The Labute approximate surface area is 124 Å². The molecule has 0 aliphatic heterocycles. The first kappa shape index (κ1) is 15.1. The van der Waals surface area contributed by atoms with Crippen LogP contribution < -0.4 is 5.32 Å². The van der Waals surface area contributed by atoms with E-state index in [1.165, 1.54) is 12.1 Å². The van der Waals surface area contributed by atoms with Gasteiger partial charge >= 0.3 is 11.4 Å². The van der Waals surface area contributed by atoms with Gasteiger partial charge in [0.15, 0.2) is 0 Å². The first-order valence-electron chi connectivity index (χ1n) is 6.24. The third-order valence-electron chi connectivity index (χ3n) is 2.93. The summed E-state index contributed by atoms with van der Waals surface area (Å²) in [6.07, 6.45) is 0. The van der Waals surface area contributed by atoms with E-state index in [1.807, 2.05) is 6.07 Å². The molecule has 0 saturated carbocycles. The summed E-state index contributed by atoms with van der Waals surface area (Å²) in [7, 11) is 0. The molecule has 0 saturated heterocycles. The van der Waals surface area contributed by atoms with Gasteiger partial charge < -0.3 is 5.32 Å². The summed E-state index contributed by atoms with van der Waals surface area (Å²) in [5.74, 6) is -0.737. The molecule has 22 heavy (non-hydrogen) atoms. The van der Waals surface area contributed by atoms with Crippen LogP contribution in [0.15, 0.2) is 48.5 Å². The van der Waals surface area contributed by atoms with E-state index in [-0.39, 0.29) is 12.1 Å². The number of benzene rings is 2. The lowest BCUT2D eigenvalue weighted by atomic mass is 10.1. The summed E-state index contributed by atoms with van der Waals surface area (Å²) in [5, 5.41) is 24.4. The normalized spacial score (nSPS) is 10.0. The highest BCUT2D eigenvalue weighted by Gasteiger charge is 2.31. The Morgan fingerprint density at radius 1 is 0.955 bits per heavy atom. The third-order valence-corrected chi connectivity index (χ3v) is 2.93. The molecule has 0 radical (unpaired) electrons. The van der Waals surface area contributed by atoms with Gasteiger partial charge in [-0.1, -0.05) is 36.4 Å². The van der Waals surface area contributed by atoms with Gasteiger partial charge in [-0.2, -0.15) is 0 Å². The average Bonchev–Trinajstić information content (AvgIpc) is 2.52. The fraction of sp³-hybridized carbons (Fsp3) is 0.0714. The molecule has 0 aromatic heterocycles. The van der Waals surface area contributed by atoms with Crippen LogP contribution in [0, 0.1) is 20.2 Å². The summed E-state index contributed by atoms with van der Waals surface area (Å²) >= 11 is 0. The van der Waals surface area contributed by atoms with E-state index in [1.54, 1.807) is 24.3 Å². The Hall–Kier alpha value is -3.29. The van der Waals surface area contributed by atoms with Crippen molar-refractivity contribution in [2.24, 2.45) is 0 Å². The van der Waals surface area contributed by atoms with E-state index in [4.69, 9.17) is 0 Å². The SMILES string of the molecule is O=C(NCc1ccccc1)c1cccc([N+](=O)[O-])c1[N+](=O)[O-]. The molecule has 2 rings (SSSR count). The van der Waals surface area contributed by atoms with Crippen molar-refractivity contribution in [3.63, 3.8) is 0 Å². The number of amides is 1. The fourth-order valence-corrected chi connectivity index (χ4v) is 1.93. The van der Waals surface area contributed by atoms with Crippen LogP contribution >= 0.6 is 0 Å². The molecule has 0 spiro atoms. The Morgan fingerprint density at radius 2 is 1.64 bits per heavy atom. The number of para-hydroxylation sites is 1. The second kappa shape index (κ2) is 6.44. The van der Waals surface area contributed by atoms with Crippen molar-refractivity contribution in [1.82, 2.24) is 5.32 Å². The van der Waals surface area contributed by atoms with Gasteiger partial charge in [0, 0.05) is 12.6 Å². The van der Waals surface area contributed by atoms with Gasteiger partial charge in [-0.3, -0.25) is 25.0 Å². The van der Waals surface area contributed by atoms with Gasteiger partial charge in [0.05, 0.1) is 9.85 Å². The fourth-order valence-electron chi connectivity index (χ4n) is 1.93. The van der Waals surface area contributed by atoms with Gasteiger partial charge in [-0.15, -0.1) is 0 Å². The molecule has 1 amide bonds. The van der Waals surface area contributed by atoms with Crippen molar-refractivity contribution < 1.29 is 14.6 Å². The molecule has 112 valence electrons. The third kappa shape index (κ3) is 3.23. The zero-order valence-electron chi connectivity index (χ0n) is 11.3. The molecule has 0 fully saturated rings. The minimum absolute atomic E-state index is 0.166. The van der Waals surface area contributed by atoms with Crippen LogP contribution in [0.5, 0.6) is 0 Å². The van der Waals surface area contributed by atoms with E-state index in [9.17, 15) is 25.0 Å². The van der Waals surface area contributed by atoms with E-state index >= 15 is 0 Å². The van der Waals surface area contributed by atoms with Crippen molar-refractivity contribution in [3.05, 3.63) is 79.9 Å². The maximum atomic E-state index is 12.1. The van der Waals surface area contributed by atoms with Crippen molar-refractivity contribution in [2.75, 3.05) is 0 Å². The summed E-state index contributed by atoms with van der Waals surface area (Å²) in [6.45, 7) is 0.166. The standard InChI is InChI=1S/C14H11N3O5/c18-14(15-9-10-5-2-1-3-6-10)11-7-4-8-12(16(19)20)13(11)17(21)22/h1-8H,9H2,(H,15,18). The van der Waals surface area contributed by atoms with E-state index in [0.29, 0.717) is 0 Å². The van der Waals surface area contributed by atoms with Crippen LogP contribution in [0.1, 0.15) is 15.9 Å². The molecule has 0 aliphatic rings. The van der Waals surface area contributed by atoms with Crippen LogP contribution in [-0.2, 0) is 6.54 Å². The molecular formula is C14H11N3O5. The zero-order valence-corrected chi connectivity index (χ0v) is 11.3. The van der Waals surface area contributed by atoms with E-state index in [0.717, 1.165) is 11.6 Å². The minimum atomic E-state index is -0.921. The maximum absolute atomic E-state index is 12.1. The monoisotopic (exact) mass is 301 g/mol. The smallest absolute Gasteiger partial charge is 0.348 e. The highest BCUT2D eigenvalue weighted by molar-refractivity contribution is 5.99. The number of nitrogens with one attached hydrogen (secondary N) is 1. The molecule has 0 atom stereocenters. The second-order valence-corrected chi connectivity index (χ2v) is 4.36. The molecule has 0 aliphatic carbocycles. The topological polar surface area (TPSA) is 115 Å². The molecule has 0 heterocycles. The number of carbonyl (C=O) groups is 1. The number of carbonyl (C=O) groups excluding carboxylic acids is 1. The van der Waals surface area contributed by atoms with E-state index in [2.05, 4.69) is 5.32 Å². The number of hydrogen-bond acceptors (Lipinski definition) is 5. The minimum Gasteiger partial charge on any atom is -0.348 e. The van der Waals surface area contributed by atoms with Crippen LogP contribution in [0.25, 0.3) is 0 Å². The Morgan fingerprint density at radius 3 is 2.23 bits per heavy atom. The predicted molar refractivity (Wildman–Crippen MR) is 77.4 cm³/mol. The number of nitro benzene ring substituents is 2. The molecule has 0 unspecified atom stereocenters. The lowest BCUT2D eigenvalue weighted by molar-refractivity contribution is -0.422. The molecular weight excluding hydrogens is 290 g/mol. The van der Waals surface area contributed by atoms with Gasteiger partial charge in [0.25, 0.3) is 5.91 Å². The van der Waals surface area contributed by atoms with Crippen LogP contribution in [0.2, 0.25) is 0 Å². The summed E-state index contributed by atoms with van der Waals surface area (Å²) in [5.41, 5.74) is -1.05. The van der Waals surface area contributed by atoms with Crippen molar-refractivity contribution in [3.8, 4) is 0 Å². The number of rotatable bonds is 5. The summed E-state index contributed by atoms with van der Waals surface area (Å²) in [4.78, 5) is 32.2. The Bertz CT molecular complexity index is 731. The summed E-state index contributed by atoms with van der Waals surface area (Å²) < 4.78 is 0. The Balaban J connectivity index is 2.28. The van der Waals surface area contributed by atoms with Gasteiger partial charge in [-0.05, 0) is 11.6 Å². The molecule has 8 heteroatoms. The van der Waals surface area contributed by atoms with Gasteiger partial charge in [0.1, 0.15) is 5.56 Å². The maximum Gasteiger partial charge on any atom is 0.358 e. The van der Waals surface area contributed by atoms with Crippen molar-refractivity contribution >= 4 is 17.3 Å². The number of hydrogen-bond donors (Lipinski definition) is 1. The van der Waals surface area contributed by atoms with Gasteiger partial charge in [-0.25, -0.2) is 0 Å². The molecule has 1 N–H and O–H groups in total. The summed E-state index contributed by atoms with van der Waals surface area (Å²) in [6, 6.07) is 12.4. The lowest BCUT2D eigenvalue weighted by Gasteiger charge is -2.06. The second-order valence-electron chi connectivity index (χ2n) is 4.36.